The highest BCUT2D eigenvalue weighted by Gasteiger charge is 2.18. The molecule has 8 heteroatoms. The first-order chi connectivity index (χ1) is 9.13. The van der Waals surface area contributed by atoms with E-state index in [2.05, 4.69) is 10.0 Å². The summed E-state index contributed by atoms with van der Waals surface area (Å²) in [7, 11) is -1.66. The first-order valence-corrected chi connectivity index (χ1v) is 7.66. The van der Waals surface area contributed by atoms with Crippen molar-refractivity contribution in [2.45, 2.75) is 11.3 Å². The van der Waals surface area contributed by atoms with Gasteiger partial charge in [-0.05, 0) is 32.1 Å². The fourth-order valence-electron chi connectivity index (χ4n) is 1.75. The summed E-state index contributed by atoms with van der Waals surface area (Å²) in [6.45, 7) is 2.09. The third kappa shape index (κ3) is 4.24. The van der Waals surface area contributed by atoms with Gasteiger partial charge in [-0.25, -0.2) is 13.1 Å². The Morgan fingerprint density at radius 2 is 1.85 bits per heavy atom. The van der Waals surface area contributed by atoms with Gasteiger partial charge in [0.15, 0.2) is 11.5 Å². The van der Waals surface area contributed by atoms with Gasteiger partial charge < -0.3 is 14.8 Å². The Bertz CT molecular complexity index is 536. The molecular formula is C12H19ClN2O4S. The Kier molecular flexibility index (Phi) is 6.54. The first kappa shape index (κ1) is 17.0. The van der Waals surface area contributed by atoms with Crippen molar-refractivity contribution in [2.75, 3.05) is 33.4 Å². The molecule has 1 heterocycles. The zero-order valence-electron chi connectivity index (χ0n) is 11.2. The van der Waals surface area contributed by atoms with Gasteiger partial charge in [0.2, 0.25) is 10.0 Å². The molecule has 2 rings (SSSR count). The number of fused-ring (bicyclic) bond motifs is 1. The van der Waals surface area contributed by atoms with Crippen LogP contribution in [0.2, 0.25) is 0 Å². The van der Waals surface area contributed by atoms with Crippen LogP contribution >= 0.6 is 12.4 Å². The van der Waals surface area contributed by atoms with Crippen LogP contribution < -0.4 is 19.5 Å². The Morgan fingerprint density at radius 1 is 1.15 bits per heavy atom. The third-order valence-electron chi connectivity index (χ3n) is 2.72. The summed E-state index contributed by atoms with van der Waals surface area (Å²) in [5.74, 6) is 1.06. The Morgan fingerprint density at radius 3 is 2.55 bits per heavy atom. The van der Waals surface area contributed by atoms with Crippen LogP contribution in [0.5, 0.6) is 11.5 Å². The van der Waals surface area contributed by atoms with E-state index in [0.29, 0.717) is 31.3 Å². The highest BCUT2D eigenvalue weighted by atomic mass is 35.5. The molecule has 20 heavy (non-hydrogen) atoms. The number of rotatable bonds is 6. The molecule has 0 bridgehead atoms. The lowest BCUT2D eigenvalue weighted by atomic mass is 10.3. The van der Waals surface area contributed by atoms with Crippen LogP contribution in [0.3, 0.4) is 0 Å². The summed E-state index contributed by atoms with van der Waals surface area (Å²) in [5.41, 5.74) is 0. The highest BCUT2D eigenvalue weighted by molar-refractivity contribution is 7.89. The van der Waals surface area contributed by atoms with Gasteiger partial charge in [-0.3, -0.25) is 0 Å². The predicted octanol–water partition coefficient (Wildman–Crippen LogP) is 0.767. The van der Waals surface area contributed by atoms with E-state index in [1.54, 1.807) is 6.07 Å². The molecule has 0 fully saturated rings. The fourth-order valence-corrected chi connectivity index (χ4v) is 2.83. The number of halogens is 1. The molecule has 0 amide bonds. The Labute approximate surface area is 125 Å². The van der Waals surface area contributed by atoms with Crippen LogP contribution in [-0.4, -0.2) is 41.8 Å². The van der Waals surface area contributed by atoms with Crippen molar-refractivity contribution in [2.24, 2.45) is 0 Å². The molecule has 114 valence electrons. The van der Waals surface area contributed by atoms with Gasteiger partial charge in [0.05, 0.1) is 4.90 Å². The van der Waals surface area contributed by atoms with Crippen LogP contribution in [0.15, 0.2) is 23.1 Å². The van der Waals surface area contributed by atoms with Gasteiger partial charge in [-0.15, -0.1) is 12.4 Å². The largest absolute Gasteiger partial charge is 0.486 e. The fraction of sp³-hybridized carbons (Fsp3) is 0.500. The number of nitrogens with one attached hydrogen (secondary N) is 2. The lowest BCUT2D eigenvalue weighted by Crippen LogP contribution is -2.27. The molecule has 0 aliphatic carbocycles. The number of hydrogen-bond acceptors (Lipinski definition) is 5. The van der Waals surface area contributed by atoms with E-state index in [4.69, 9.17) is 9.47 Å². The van der Waals surface area contributed by atoms with Crippen LogP contribution in [0.1, 0.15) is 6.42 Å². The Balaban J connectivity index is 0.00000200. The molecular weight excluding hydrogens is 304 g/mol. The summed E-state index contributed by atoms with van der Waals surface area (Å²) in [5, 5.41) is 2.96. The zero-order valence-corrected chi connectivity index (χ0v) is 12.9. The molecule has 0 radical (unpaired) electrons. The molecule has 1 aliphatic rings. The van der Waals surface area contributed by atoms with Crippen molar-refractivity contribution < 1.29 is 17.9 Å². The van der Waals surface area contributed by atoms with Crippen molar-refractivity contribution >= 4 is 22.4 Å². The maximum atomic E-state index is 12.1. The second-order valence-electron chi connectivity index (χ2n) is 4.16. The van der Waals surface area contributed by atoms with Crippen molar-refractivity contribution in [3.8, 4) is 11.5 Å². The van der Waals surface area contributed by atoms with Crippen LogP contribution in [0.25, 0.3) is 0 Å². The minimum absolute atomic E-state index is 0. The average Bonchev–Trinajstić information content (AvgIpc) is 2.43. The molecule has 0 spiro atoms. The van der Waals surface area contributed by atoms with Gasteiger partial charge in [0, 0.05) is 12.6 Å². The van der Waals surface area contributed by atoms with E-state index in [1.807, 2.05) is 7.05 Å². The standard InChI is InChI=1S/C12H18N2O4S.ClH/c1-13-5-2-6-14-19(15,16)10-3-4-11-12(9-10)18-8-7-17-11;/h3-4,9,13-14H,2,5-8H2,1H3;1H. The van der Waals surface area contributed by atoms with Gasteiger partial charge in [-0.1, -0.05) is 0 Å². The topological polar surface area (TPSA) is 76.7 Å². The first-order valence-electron chi connectivity index (χ1n) is 6.17. The molecule has 0 unspecified atom stereocenters. The lowest BCUT2D eigenvalue weighted by molar-refractivity contribution is 0.171. The average molecular weight is 323 g/mol. The maximum Gasteiger partial charge on any atom is 0.240 e. The molecule has 2 N–H and O–H groups in total. The van der Waals surface area contributed by atoms with E-state index in [9.17, 15) is 8.42 Å². The minimum Gasteiger partial charge on any atom is -0.486 e. The van der Waals surface area contributed by atoms with E-state index in [1.165, 1.54) is 12.1 Å². The smallest absolute Gasteiger partial charge is 0.240 e. The molecule has 0 aromatic heterocycles. The molecule has 6 nitrogen and oxygen atoms in total. The van der Waals surface area contributed by atoms with Gasteiger partial charge in [-0.2, -0.15) is 0 Å². The molecule has 0 saturated heterocycles. The quantitative estimate of drug-likeness (QED) is 0.756. The molecule has 1 aromatic carbocycles. The van der Waals surface area contributed by atoms with Crippen molar-refractivity contribution in [3.05, 3.63) is 18.2 Å². The predicted molar refractivity (Wildman–Crippen MR) is 78.4 cm³/mol. The summed E-state index contributed by atoms with van der Waals surface area (Å²) in [6.07, 6.45) is 0.736. The molecule has 0 atom stereocenters. The second kappa shape index (κ2) is 7.68. The number of ether oxygens (including phenoxy) is 2. The van der Waals surface area contributed by atoms with Crippen molar-refractivity contribution in [3.63, 3.8) is 0 Å². The van der Waals surface area contributed by atoms with Crippen molar-refractivity contribution in [1.29, 1.82) is 0 Å². The van der Waals surface area contributed by atoms with E-state index in [-0.39, 0.29) is 17.3 Å². The summed E-state index contributed by atoms with van der Waals surface area (Å²) in [6, 6.07) is 4.64. The van der Waals surface area contributed by atoms with Crippen LogP contribution in [0.4, 0.5) is 0 Å². The van der Waals surface area contributed by atoms with Gasteiger partial charge in [0.25, 0.3) is 0 Å². The maximum absolute atomic E-state index is 12.1. The molecule has 1 aliphatic heterocycles. The van der Waals surface area contributed by atoms with E-state index in [0.717, 1.165) is 13.0 Å². The lowest BCUT2D eigenvalue weighted by Gasteiger charge is -2.18. The molecule has 0 saturated carbocycles. The zero-order chi connectivity index (χ0) is 13.7. The number of sulfonamides is 1. The summed E-state index contributed by atoms with van der Waals surface area (Å²) >= 11 is 0. The minimum atomic E-state index is -3.49. The summed E-state index contributed by atoms with van der Waals surface area (Å²) in [4.78, 5) is 0.196. The second-order valence-corrected chi connectivity index (χ2v) is 5.93. The normalized spacial score (nSPS) is 13.7. The molecule has 1 aromatic rings. The Hall–Kier alpha value is -1.02. The van der Waals surface area contributed by atoms with Gasteiger partial charge in [0.1, 0.15) is 13.2 Å². The van der Waals surface area contributed by atoms with Crippen LogP contribution in [0, 0.1) is 0 Å². The monoisotopic (exact) mass is 322 g/mol. The number of hydrogen-bond donors (Lipinski definition) is 2. The highest BCUT2D eigenvalue weighted by Crippen LogP contribution is 2.32. The summed E-state index contributed by atoms with van der Waals surface area (Å²) < 4.78 is 37.4. The third-order valence-corrected chi connectivity index (χ3v) is 4.18. The van der Waals surface area contributed by atoms with E-state index >= 15 is 0 Å². The number of benzene rings is 1. The van der Waals surface area contributed by atoms with Gasteiger partial charge >= 0.3 is 0 Å². The SMILES string of the molecule is CNCCCNS(=O)(=O)c1ccc2c(c1)OCCO2.Cl. The van der Waals surface area contributed by atoms with Crippen LogP contribution in [-0.2, 0) is 10.0 Å². The van der Waals surface area contributed by atoms with E-state index < -0.39 is 10.0 Å². The van der Waals surface area contributed by atoms with Crippen molar-refractivity contribution in [1.82, 2.24) is 10.0 Å².